The van der Waals surface area contributed by atoms with Crippen molar-refractivity contribution in [3.8, 4) is 0 Å². The van der Waals surface area contributed by atoms with Gasteiger partial charge in [-0.25, -0.2) is 0 Å². The van der Waals surface area contributed by atoms with E-state index < -0.39 is 0 Å². The summed E-state index contributed by atoms with van der Waals surface area (Å²) < 4.78 is 0. The molecule has 7 rings (SSSR count). The maximum atomic E-state index is 3.72. The van der Waals surface area contributed by atoms with Gasteiger partial charge in [-0.1, -0.05) is 84.5 Å². The average molecular weight is 417 g/mol. The molecule has 1 aromatic rings. The number of allylic oxidation sites excluding steroid dienone is 10. The van der Waals surface area contributed by atoms with Crippen molar-refractivity contribution in [1.82, 2.24) is 5.32 Å². The van der Waals surface area contributed by atoms with E-state index in [1.54, 1.807) is 11.1 Å². The van der Waals surface area contributed by atoms with Gasteiger partial charge in [0.25, 0.3) is 0 Å². The molecule has 1 aromatic carbocycles. The summed E-state index contributed by atoms with van der Waals surface area (Å²) in [4.78, 5) is 2.57. The first-order chi connectivity index (χ1) is 15.9. The molecule has 0 radical (unpaired) electrons. The van der Waals surface area contributed by atoms with Gasteiger partial charge in [0.05, 0.1) is 12.1 Å². The summed E-state index contributed by atoms with van der Waals surface area (Å²) in [7, 11) is 0. The van der Waals surface area contributed by atoms with E-state index in [9.17, 15) is 0 Å². The van der Waals surface area contributed by atoms with Crippen LogP contribution in [0.2, 0.25) is 0 Å². The van der Waals surface area contributed by atoms with Gasteiger partial charge in [-0.05, 0) is 42.7 Å². The Morgan fingerprint density at radius 2 is 1.66 bits per heavy atom. The second-order valence-corrected chi connectivity index (χ2v) is 9.76. The van der Waals surface area contributed by atoms with E-state index in [1.165, 1.54) is 17.1 Å². The Morgan fingerprint density at radius 3 is 2.59 bits per heavy atom. The number of anilines is 1. The molecule has 2 heteroatoms. The third-order valence-corrected chi connectivity index (χ3v) is 8.14. The Balaban J connectivity index is 1.20. The smallest absolute Gasteiger partial charge is 0.0591 e. The molecule has 6 unspecified atom stereocenters. The minimum absolute atomic E-state index is 0.418. The molecule has 2 aliphatic heterocycles. The van der Waals surface area contributed by atoms with Crippen LogP contribution in [0.4, 0.5) is 5.69 Å². The van der Waals surface area contributed by atoms with Gasteiger partial charge in [0, 0.05) is 40.8 Å². The molecular formula is C30H28N2. The second kappa shape index (κ2) is 7.13. The standard InChI is InChI=1S/C30H28N2/c1-2-8-22(9-3-1)32-29-13-7-5-11-24(29)26-19-21(15-17-30(26)32)20-14-16-28-25(18-20)23-10-4-6-12-27(23)31-28/h1-17,20,23-24,26-27,29,31H,18-19H2. The number of nitrogens with zero attached hydrogens (tertiary/aromatic N) is 1. The summed E-state index contributed by atoms with van der Waals surface area (Å²) >= 11 is 0. The molecule has 2 nitrogen and oxygen atoms in total. The lowest BCUT2D eigenvalue weighted by Crippen LogP contribution is -2.30. The van der Waals surface area contributed by atoms with Gasteiger partial charge < -0.3 is 10.2 Å². The zero-order valence-corrected chi connectivity index (χ0v) is 18.1. The molecule has 32 heavy (non-hydrogen) atoms. The molecule has 0 aromatic heterocycles. The van der Waals surface area contributed by atoms with E-state index >= 15 is 0 Å². The first-order valence-electron chi connectivity index (χ1n) is 12.0. The predicted octanol–water partition coefficient (Wildman–Crippen LogP) is 5.99. The highest BCUT2D eigenvalue weighted by Crippen LogP contribution is 2.50. The van der Waals surface area contributed by atoms with Crippen molar-refractivity contribution in [1.29, 1.82) is 0 Å². The lowest BCUT2D eigenvalue weighted by atomic mass is 9.74. The van der Waals surface area contributed by atoms with Gasteiger partial charge in [0.15, 0.2) is 0 Å². The van der Waals surface area contributed by atoms with Crippen LogP contribution in [-0.2, 0) is 0 Å². The van der Waals surface area contributed by atoms with E-state index in [0.717, 1.165) is 12.8 Å². The summed E-state index contributed by atoms with van der Waals surface area (Å²) in [5.41, 5.74) is 7.33. The molecular weight excluding hydrogens is 388 g/mol. The molecule has 0 spiro atoms. The van der Waals surface area contributed by atoms with Crippen LogP contribution >= 0.6 is 0 Å². The molecule has 4 aliphatic carbocycles. The lowest BCUT2D eigenvalue weighted by Gasteiger charge is -2.30. The topological polar surface area (TPSA) is 15.3 Å². The Labute approximate surface area is 190 Å². The SMILES string of the molecule is C1=CC2NC3=C(CC(C4=CC=C5C(C4)C4C=CC=CC4N5c4ccccc4)C=C3)C2C=C1. The number of benzene rings is 1. The average Bonchev–Trinajstić information content (AvgIpc) is 3.39. The van der Waals surface area contributed by atoms with Crippen molar-refractivity contribution in [2.24, 2.45) is 23.7 Å². The molecule has 0 saturated carbocycles. The van der Waals surface area contributed by atoms with E-state index in [4.69, 9.17) is 0 Å². The number of rotatable bonds is 2. The Hall–Kier alpha value is -3.26. The molecule has 6 atom stereocenters. The Bertz CT molecular complexity index is 1190. The fourth-order valence-electron chi connectivity index (χ4n) is 6.64. The first-order valence-corrected chi connectivity index (χ1v) is 12.0. The Morgan fingerprint density at radius 1 is 0.812 bits per heavy atom. The maximum Gasteiger partial charge on any atom is 0.0591 e. The van der Waals surface area contributed by atoms with Gasteiger partial charge >= 0.3 is 0 Å². The van der Waals surface area contributed by atoms with Crippen molar-refractivity contribution in [2.75, 3.05) is 4.90 Å². The monoisotopic (exact) mass is 416 g/mol. The van der Waals surface area contributed by atoms with Gasteiger partial charge in [0.1, 0.15) is 0 Å². The van der Waals surface area contributed by atoms with Gasteiger partial charge in [0.2, 0.25) is 0 Å². The maximum absolute atomic E-state index is 3.72. The largest absolute Gasteiger partial charge is 0.378 e. The zero-order valence-electron chi connectivity index (χ0n) is 18.1. The van der Waals surface area contributed by atoms with Crippen LogP contribution in [0, 0.1) is 23.7 Å². The molecule has 1 saturated heterocycles. The second-order valence-electron chi connectivity index (χ2n) is 9.76. The van der Waals surface area contributed by atoms with Crippen molar-refractivity contribution < 1.29 is 0 Å². The van der Waals surface area contributed by atoms with Crippen LogP contribution in [0.3, 0.4) is 0 Å². The number of para-hydroxylation sites is 1. The van der Waals surface area contributed by atoms with Gasteiger partial charge in [-0.2, -0.15) is 0 Å². The van der Waals surface area contributed by atoms with Crippen molar-refractivity contribution >= 4 is 5.69 Å². The van der Waals surface area contributed by atoms with Crippen LogP contribution in [0.15, 0.2) is 126 Å². The van der Waals surface area contributed by atoms with E-state index in [0.29, 0.717) is 35.8 Å². The normalized spacial score (nSPS) is 35.7. The number of nitrogens with one attached hydrogen (secondary N) is 1. The molecule has 1 N–H and O–H groups in total. The number of hydrogen-bond acceptors (Lipinski definition) is 2. The first kappa shape index (κ1) is 18.3. The van der Waals surface area contributed by atoms with Gasteiger partial charge in [-0.3, -0.25) is 0 Å². The predicted molar refractivity (Wildman–Crippen MR) is 132 cm³/mol. The van der Waals surface area contributed by atoms with Crippen LogP contribution < -0.4 is 10.2 Å². The lowest BCUT2D eigenvalue weighted by molar-refractivity contribution is 0.464. The fourth-order valence-corrected chi connectivity index (χ4v) is 6.64. The third kappa shape index (κ3) is 2.72. The molecule has 158 valence electrons. The third-order valence-electron chi connectivity index (χ3n) is 8.14. The summed E-state index contributed by atoms with van der Waals surface area (Å²) in [6, 6.07) is 11.8. The van der Waals surface area contributed by atoms with Crippen LogP contribution in [0.5, 0.6) is 0 Å². The van der Waals surface area contributed by atoms with E-state index in [2.05, 4.69) is 113 Å². The highest BCUT2D eigenvalue weighted by molar-refractivity contribution is 5.61. The summed E-state index contributed by atoms with van der Waals surface area (Å²) in [6.45, 7) is 0. The van der Waals surface area contributed by atoms with Crippen molar-refractivity contribution in [2.45, 2.75) is 24.9 Å². The van der Waals surface area contributed by atoms with Gasteiger partial charge in [-0.15, -0.1) is 0 Å². The van der Waals surface area contributed by atoms with Crippen molar-refractivity contribution in [3.63, 3.8) is 0 Å². The molecule has 1 fully saturated rings. The fraction of sp³-hybridized carbons (Fsp3) is 0.267. The highest BCUT2D eigenvalue weighted by atomic mass is 15.2. The van der Waals surface area contributed by atoms with Crippen LogP contribution in [0.25, 0.3) is 0 Å². The van der Waals surface area contributed by atoms with Crippen molar-refractivity contribution in [3.05, 3.63) is 126 Å². The quantitative estimate of drug-likeness (QED) is 0.637. The Kier molecular flexibility index (Phi) is 4.08. The number of hydrogen-bond donors (Lipinski definition) is 1. The van der Waals surface area contributed by atoms with Crippen LogP contribution in [-0.4, -0.2) is 12.1 Å². The summed E-state index contributed by atoms with van der Waals surface area (Å²) in [5, 5.41) is 3.72. The minimum Gasteiger partial charge on any atom is -0.378 e. The molecule has 6 aliphatic rings. The van der Waals surface area contributed by atoms with E-state index in [-0.39, 0.29) is 0 Å². The number of fused-ring (bicyclic) bond motifs is 5. The van der Waals surface area contributed by atoms with E-state index in [1.807, 2.05) is 0 Å². The molecule has 0 amide bonds. The summed E-state index contributed by atoms with van der Waals surface area (Å²) in [5.74, 6) is 2.13. The summed E-state index contributed by atoms with van der Waals surface area (Å²) in [6.07, 6.45) is 30.3. The molecule has 2 heterocycles. The minimum atomic E-state index is 0.418. The molecule has 0 bridgehead atoms. The van der Waals surface area contributed by atoms with Crippen LogP contribution in [0.1, 0.15) is 12.8 Å². The highest BCUT2D eigenvalue weighted by Gasteiger charge is 2.45. The zero-order chi connectivity index (χ0) is 21.1.